The van der Waals surface area contributed by atoms with Gasteiger partial charge in [-0.1, -0.05) is 24.3 Å². The highest BCUT2D eigenvalue weighted by atomic mass is 16.5. The number of para-hydroxylation sites is 1. The van der Waals surface area contributed by atoms with Crippen molar-refractivity contribution < 1.29 is 13.9 Å². The summed E-state index contributed by atoms with van der Waals surface area (Å²) in [4.78, 5) is 43.1. The molecule has 0 amide bonds. The van der Waals surface area contributed by atoms with Crippen LogP contribution in [0.25, 0.3) is 21.9 Å². The van der Waals surface area contributed by atoms with E-state index in [4.69, 9.17) is 9.15 Å². The van der Waals surface area contributed by atoms with Gasteiger partial charge in [0.2, 0.25) is 0 Å². The molecule has 2 heterocycles. The van der Waals surface area contributed by atoms with Crippen LogP contribution in [0.2, 0.25) is 0 Å². The van der Waals surface area contributed by atoms with Crippen molar-refractivity contribution in [1.82, 2.24) is 9.97 Å². The minimum absolute atomic E-state index is 0.0360. The second-order valence-corrected chi connectivity index (χ2v) is 6.78. The fourth-order valence-corrected chi connectivity index (χ4v) is 3.16. The second kappa shape index (κ2) is 7.71. The second-order valence-electron chi connectivity index (χ2n) is 6.78. The van der Waals surface area contributed by atoms with Gasteiger partial charge in [0.05, 0.1) is 17.3 Å². The first-order valence-corrected chi connectivity index (χ1v) is 9.16. The van der Waals surface area contributed by atoms with Gasteiger partial charge in [-0.25, -0.2) is 9.78 Å². The maximum atomic E-state index is 12.2. The normalized spacial score (nSPS) is 11.1. The minimum Gasteiger partial charge on any atom is -0.461 e. The summed E-state index contributed by atoms with van der Waals surface area (Å²) in [5, 5.41) is 1.23. The summed E-state index contributed by atoms with van der Waals surface area (Å²) in [6.07, 6.45) is 0.301. The van der Waals surface area contributed by atoms with Crippen molar-refractivity contribution in [3.63, 3.8) is 0 Å². The van der Waals surface area contributed by atoms with Gasteiger partial charge in [0.25, 0.3) is 5.56 Å². The zero-order valence-electron chi connectivity index (χ0n) is 15.7. The Hall–Kier alpha value is -3.74. The molecule has 0 aliphatic carbocycles. The van der Waals surface area contributed by atoms with E-state index in [0.29, 0.717) is 27.9 Å². The number of aromatic amines is 1. The van der Waals surface area contributed by atoms with Crippen LogP contribution in [-0.2, 0) is 22.6 Å². The molecule has 2 aromatic heterocycles. The third-order valence-electron chi connectivity index (χ3n) is 4.60. The highest BCUT2D eigenvalue weighted by Gasteiger charge is 2.11. The van der Waals surface area contributed by atoms with E-state index >= 15 is 0 Å². The van der Waals surface area contributed by atoms with Crippen LogP contribution in [0.15, 0.2) is 62.5 Å². The van der Waals surface area contributed by atoms with Gasteiger partial charge < -0.3 is 14.1 Å². The van der Waals surface area contributed by atoms with Crippen LogP contribution in [0.5, 0.6) is 0 Å². The highest BCUT2D eigenvalue weighted by Crippen LogP contribution is 2.19. The number of aryl methyl sites for hydroxylation is 2. The summed E-state index contributed by atoms with van der Waals surface area (Å²) < 4.78 is 10.5. The maximum Gasteiger partial charge on any atom is 0.336 e. The molecule has 1 N–H and O–H groups in total. The third kappa shape index (κ3) is 4.08. The monoisotopic (exact) mass is 390 g/mol. The number of carbonyl (C=O) groups is 1. The molecule has 7 heteroatoms. The number of nitrogens with zero attached hydrogens (tertiary/aromatic N) is 1. The number of nitrogens with one attached hydrogen (secondary N) is 1. The fourth-order valence-electron chi connectivity index (χ4n) is 3.16. The van der Waals surface area contributed by atoms with E-state index in [-0.39, 0.29) is 25.0 Å². The summed E-state index contributed by atoms with van der Waals surface area (Å²) in [6.45, 7) is 1.86. The highest BCUT2D eigenvalue weighted by molar-refractivity contribution is 5.81. The molecule has 0 aliphatic rings. The Morgan fingerprint density at radius 1 is 1.10 bits per heavy atom. The Labute approximate surface area is 165 Å². The lowest BCUT2D eigenvalue weighted by Gasteiger charge is -2.08. The molecule has 0 fully saturated rings. The molecule has 0 aliphatic heterocycles. The molecule has 4 rings (SSSR count). The quantitative estimate of drug-likeness (QED) is 0.415. The lowest BCUT2D eigenvalue weighted by Crippen LogP contribution is -2.14. The molecule has 0 saturated carbocycles. The molecule has 29 heavy (non-hydrogen) atoms. The Morgan fingerprint density at radius 2 is 1.93 bits per heavy atom. The Kier molecular flexibility index (Phi) is 4.95. The van der Waals surface area contributed by atoms with Gasteiger partial charge in [-0.3, -0.25) is 9.59 Å². The number of rotatable bonds is 5. The number of H-pyrrole nitrogens is 1. The standard InChI is InChI=1S/C22H18N2O5/c1-13-6-7-15-14(11-21(26)29-18(15)10-13)12-28-20(25)9-8-19-23-17-5-3-2-4-16(17)22(27)24-19/h2-7,10-11H,8-9,12H2,1H3,(H,23,24,27). The number of benzene rings is 2. The summed E-state index contributed by atoms with van der Waals surface area (Å²) in [5.41, 5.74) is 1.86. The van der Waals surface area contributed by atoms with E-state index in [9.17, 15) is 14.4 Å². The Bertz CT molecular complexity index is 1340. The van der Waals surface area contributed by atoms with Gasteiger partial charge in [0, 0.05) is 23.4 Å². The van der Waals surface area contributed by atoms with Crippen molar-refractivity contribution >= 4 is 27.8 Å². The lowest BCUT2D eigenvalue weighted by molar-refractivity contribution is -0.144. The smallest absolute Gasteiger partial charge is 0.336 e. The average Bonchev–Trinajstić information content (AvgIpc) is 2.70. The van der Waals surface area contributed by atoms with E-state index in [1.54, 1.807) is 30.3 Å². The molecule has 0 spiro atoms. The molecular formula is C22H18N2O5. The van der Waals surface area contributed by atoms with E-state index in [0.717, 1.165) is 10.9 Å². The zero-order chi connectivity index (χ0) is 20.4. The van der Waals surface area contributed by atoms with Crippen molar-refractivity contribution in [2.45, 2.75) is 26.4 Å². The lowest BCUT2D eigenvalue weighted by atomic mass is 10.1. The summed E-state index contributed by atoms with van der Waals surface area (Å²) in [7, 11) is 0. The summed E-state index contributed by atoms with van der Waals surface area (Å²) >= 11 is 0. The van der Waals surface area contributed by atoms with Crippen molar-refractivity contribution in [3.05, 3.63) is 86.3 Å². The van der Waals surface area contributed by atoms with Crippen LogP contribution < -0.4 is 11.2 Å². The van der Waals surface area contributed by atoms with E-state index in [1.807, 2.05) is 19.1 Å². The molecule has 0 atom stereocenters. The van der Waals surface area contributed by atoms with Crippen molar-refractivity contribution in [1.29, 1.82) is 0 Å². The van der Waals surface area contributed by atoms with Crippen LogP contribution in [0.1, 0.15) is 23.4 Å². The predicted molar refractivity (Wildman–Crippen MR) is 108 cm³/mol. The summed E-state index contributed by atoms with van der Waals surface area (Å²) in [6, 6.07) is 13.8. The van der Waals surface area contributed by atoms with Gasteiger partial charge in [0.15, 0.2) is 0 Å². The minimum atomic E-state index is -0.493. The van der Waals surface area contributed by atoms with Crippen molar-refractivity contribution in [2.75, 3.05) is 0 Å². The van der Waals surface area contributed by atoms with Crippen LogP contribution in [0.3, 0.4) is 0 Å². The maximum absolute atomic E-state index is 12.2. The molecular weight excluding hydrogens is 372 g/mol. The van der Waals surface area contributed by atoms with E-state index in [1.165, 1.54) is 6.07 Å². The molecule has 0 unspecified atom stereocenters. The first-order valence-electron chi connectivity index (χ1n) is 9.16. The van der Waals surface area contributed by atoms with Crippen LogP contribution in [-0.4, -0.2) is 15.9 Å². The van der Waals surface area contributed by atoms with Gasteiger partial charge in [-0.05, 0) is 30.7 Å². The van der Waals surface area contributed by atoms with Gasteiger partial charge in [-0.2, -0.15) is 0 Å². The zero-order valence-corrected chi connectivity index (χ0v) is 15.7. The SMILES string of the molecule is Cc1ccc2c(COC(=O)CCc3nc4ccccc4c(=O)[nH]3)cc(=O)oc2c1. The molecule has 4 aromatic rings. The molecule has 146 valence electrons. The van der Waals surface area contributed by atoms with E-state index < -0.39 is 11.6 Å². The average molecular weight is 390 g/mol. The van der Waals surface area contributed by atoms with Gasteiger partial charge >= 0.3 is 11.6 Å². The fraction of sp³-hybridized carbons (Fsp3) is 0.182. The van der Waals surface area contributed by atoms with Crippen LogP contribution in [0, 0.1) is 6.92 Å². The molecule has 0 saturated heterocycles. The number of hydrogen-bond acceptors (Lipinski definition) is 6. The molecule has 7 nitrogen and oxygen atoms in total. The van der Waals surface area contributed by atoms with Crippen molar-refractivity contribution in [2.24, 2.45) is 0 Å². The largest absolute Gasteiger partial charge is 0.461 e. The predicted octanol–water partition coefficient (Wildman–Crippen LogP) is 3.01. The van der Waals surface area contributed by atoms with Gasteiger partial charge in [0.1, 0.15) is 18.0 Å². The van der Waals surface area contributed by atoms with Crippen LogP contribution in [0.4, 0.5) is 0 Å². The topological polar surface area (TPSA) is 102 Å². The van der Waals surface area contributed by atoms with Gasteiger partial charge in [-0.15, -0.1) is 0 Å². The first kappa shape index (κ1) is 18.6. The molecule has 0 bridgehead atoms. The van der Waals surface area contributed by atoms with Crippen LogP contribution >= 0.6 is 0 Å². The number of fused-ring (bicyclic) bond motifs is 2. The third-order valence-corrected chi connectivity index (χ3v) is 4.60. The van der Waals surface area contributed by atoms with E-state index in [2.05, 4.69) is 9.97 Å². The number of hydrogen-bond donors (Lipinski definition) is 1. The first-order chi connectivity index (χ1) is 14.0. The number of aromatic nitrogens is 2. The molecule has 2 aromatic carbocycles. The number of carbonyl (C=O) groups excluding carboxylic acids is 1. The summed E-state index contributed by atoms with van der Waals surface area (Å²) in [5.74, 6) is -0.0266. The Balaban J connectivity index is 1.44. The molecule has 0 radical (unpaired) electrons. The Morgan fingerprint density at radius 3 is 2.79 bits per heavy atom. The van der Waals surface area contributed by atoms with Crippen molar-refractivity contribution in [3.8, 4) is 0 Å². The number of ether oxygens (including phenoxy) is 1. The number of esters is 1.